The third-order valence-electron chi connectivity index (χ3n) is 2.35. The average molecular weight is 229 g/mol. The van der Waals surface area contributed by atoms with Gasteiger partial charge in [-0.3, -0.25) is 0 Å². The highest BCUT2D eigenvalue weighted by Crippen LogP contribution is 2.05. The molecule has 2 atom stereocenters. The Morgan fingerprint density at radius 1 is 1.44 bits per heavy atom. The molecule has 0 aromatic heterocycles. The first-order chi connectivity index (χ1) is 7.59. The summed E-state index contributed by atoms with van der Waals surface area (Å²) < 4.78 is 24.4. The molecule has 0 bridgehead atoms. The molecule has 2 nitrogen and oxygen atoms in total. The van der Waals surface area contributed by atoms with Gasteiger partial charge >= 0.3 is 0 Å². The molecule has 0 spiro atoms. The number of aliphatic hydroxyl groups excluding tert-OH is 1. The van der Waals surface area contributed by atoms with Crippen LogP contribution in [0.1, 0.15) is 12.0 Å². The molecule has 90 valence electrons. The van der Waals surface area contributed by atoms with Crippen LogP contribution in [-0.2, 0) is 0 Å². The van der Waals surface area contributed by atoms with Crippen LogP contribution in [0, 0.1) is 12.7 Å². The summed E-state index contributed by atoms with van der Waals surface area (Å²) in [7, 11) is 0. The van der Waals surface area contributed by atoms with Gasteiger partial charge in [0.2, 0.25) is 0 Å². The summed E-state index contributed by atoms with van der Waals surface area (Å²) in [6.07, 6.45) is -1.23. The minimum Gasteiger partial charge on any atom is -0.390 e. The van der Waals surface area contributed by atoms with Gasteiger partial charge in [0.15, 0.2) is 0 Å². The van der Waals surface area contributed by atoms with Crippen molar-refractivity contribution in [3.63, 3.8) is 0 Å². The summed E-state index contributed by atoms with van der Waals surface area (Å²) >= 11 is 0. The van der Waals surface area contributed by atoms with Crippen molar-refractivity contribution in [2.75, 3.05) is 13.1 Å². The van der Waals surface area contributed by atoms with Crippen LogP contribution < -0.4 is 5.32 Å². The summed E-state index contributed by atoms with van der Waals surface area (Å²) in [6.45, 7) is 2.91. The van der Waals surface area contributed by atoms with Gasteiger partial charge in [-0.05, 0) is 37.6 Å². The van der Waals surface area contributed by atoms with Crippen molar-refractivity contribution < 1.29 is 13.9 Å². The second kappa shape index (κ2) is 6.55. The summed E-state index contributed by atoms with van der Waals surface area (Å²) in [6, 6.07) is 6.50. The van der Waals surface area contributed by atoms with Crippen LogP contribution in [0.3, 0.4) is 0 Å². The quantitative estimate of drug-likeness (QED) is 0.711. The van der Waals surface area contributed by atoms with E-state index in [9.17, 15) is 8.78 Å². The fourth-order valence-corrected chi connectivity index (χ4v) is 1.41. The summed E-state index contributed by atoms with van der Waals surface area (Å²) in [5, 5.41) is 11.6. The van der Waals surface area contributed by atoms with E-state index < -0.39 is 12.3 Å². The normalized spacial score (nSPS) is 24.5. The Bertz CT molecular complexity index is 292. The molecule has 1 aliphatic rings. The van der Waals surface area contributed by atoms with E-state index in [-0.39, 0.29) is 5.82 Å². The van der Waals surface area contributed by atoms with Crippen LogP contribution in [0.15, 0.2) is 24.3 Å². The summed E-state index contributed by atoms with van der Waals surface area (Å²) in [5.41, 5.74) is 0.963. The number of benzene rings is 1. The van der Waals surface area contributed by atoms with Crippen LogP contribution >= 0.6 is 0 Å². The zero-order chi connectivity index (χ0) is 12.0. The van der Waals surface area contributed by atoms with Crippen LogP contribution in [0.5, 0.6) is 0 Å². The Balaban J connectivity index is 0.000000160. The SMILES string of the molecule is Cc1cccc(F)c1.OC1CCNCC1F. The van der Waals surface area contributed by atoms with Crippen molar-refractivity contribution in [1.29, 1.82) is 0 Å². The molecule has 16 heavy (non-hydrogen) atoms. The van der Waals surface area contributed by atoms with E-state index in [1.807, 2.05) is 13.0 Å². The molecule has 1 saturated heterocycles. The monoisotopic (exact) mass is 229 g/mol. The molecule has 4 heteroatoms. The molecule has 0 aliphatic carbocycles. The lowest BCUT2D eigenvalue weighted by Gasteiger charge is -2.21. The lowest BCUT2D eigenvalue weighted by molar-refractivity contribution is 0.0532. The second-order valence-electron chi connectivity index (χ2n) is 3.88. The Morgan fingerprint density at radius 2 is 2.19 bits per heavy atom. The van der Waals surface area contributed by atoms with E-state index in [4.69, 9.17) is 5.11 Å². The minimum atomic E-state index is -1.05. The van der Waals surface area contributed by atoms with Gasteiger partial charge in [0.05, 0.1) is 6.10 Å². The molecule has 2 rings (SSSR count). The number of rotatable bonds is 0. The molecule has 2 unspecified atom stereocenters. The van der Waals surface area contributed by atoms with Crippen molar-refractivity contribution in [2.45, 2.75) is 25.6 Å². The highest BCUT2D eigenvalue weighted by atomic mass is 19.1. The number of aliphatic hydroxyl groups is 1. The van der Waals surface area contributed by atoms with E-state index in [1.165, 1.54) is 12.1 Å². The Hall–Kier alpha value is -1.00. The predicted octanol–water partition coefficient (Wildman–Crippen LogP) is 1.81. The van der Waals surface area contributed by atoms with Crippen molar-refractivity contribution >= 4 is 0 Å². The van der Waals surface area contributed by atoms with Gasteiger partial charge < -0.3 is 10.4 Å². The zero-order valence-electron chi connectivity index (χ0n) is 9.29. The topological polar surface area (TPSA) is 32.3 Å². The molecule has 0 amide bonds. The van der Waals surface area contributed by atoms with Crippen LogP contribution in [0.2, 0.25) is 0 Å². The van der Waals surface area contributed by atoms with Gasteiger partial charge in [0.25, 0.3) is 0 Å². The highest BCUT2D eigenvalue weighted by molar-refractivity contribution is 5.13. The molecular formula is C12H17F2NO. The van der Waals surface area contributed by atoms with Crippen molar-refractivity contribution in [2.24, 2.45) is 0 Å². The lowest BCUT2D eigenvalue weighted by atomic mass is 10.1. The van der Waals surface area contributed by atoms with Crippen molar-refractivity contribution in [1.82, 2.24) is 5.32 Å². The summed E-state index contributed by atoms with van der Waals surface area (Å²) in [5.74, 6) is -0.162. The lowest BCUT2D eigenvalue weighted by Crippen LogP contribution is -2.41. The fraction of sp³-hybridized carbons (Fsp3) is 0.500. The molecule has 2 N–H and O–H groups in total. The van der Waals surface area contributed by atoms with Gasteiger partial charge in [-0.15, -0.1) is 0 Å². The number of nitrogens with one attached hydrogen (secondary N) is 1. The Kier molecular flexibility index (Phi) is 5.35. The number of piperidine rings is 1. The number of hydrogen-bond acceptors (Lipinski definition) is 2. The van der Waals surface area contributed by atoms with Crippen molar-refractivity contribution in [3.8, 4) is 0 Å². The Morgan fingerprint density at radius 3 is 2.56 bits per heavy atom. The molecule has 0 saturated carbocycles. The fourth-order valence-electron chi connectivity index (χ4n) is 1.41. The largest absolute Gasteiger partial charge is 0.390 e. The highest BCUT2D eigenvalue weighted by Gasteiger charge is 2.20. The average Bonchev–Trinajstić information content (AvgIpc) is 2.23. The minimum absolute atomic E-state index is 0.162. The second-order valence-corrected chi connectivity index (χ2v) is 3.88. The zero-order valence-corrected chi connectivity index (χ0v) is 9.29. The smallest absolute Gasteiger partial charge is 0.138 e. The Labute approximate surface area is 94.3 Å². The van der Waals surface area contributed by atoms with Gasteiger partial charge in [-0.25, -0.2) is 8.78 Å². The van der Waals surface area contributed by atoms with Crippen LogP contribution in [0.4, 0.5) is 8.78 Å². The maximum absolute atomic E-state index is 12.3. The summed E-state index contributed by atoms with van der Waals surface area (Å²) in [4.78, 5) is 0. The van der Waals surface area contributed by atoms with Crippen molar-refractivity contribution in [3.05, 3.63) is 35.6 Å². The first-order valence-electron chi connectivity index (χ1n) is 5.34. The van der Waals surface area contributed by atoms with E-state index >= 15 is 0 Å². The first kappa shape index (κ1) is 13.1. The third-order valence-corrected chi connectivity index (χ3v) is 2.35. The van der Waals surface area contributed by atoms with E-state index in [0.29, 0.717) is 13.0 Å². The van der Waals surface area contributed by atoms with E-state index in [0.717, 1.165) is 12.1 Å². The van der Waals surface area contributed by atoms with Crippen LogP contribution in [-0.4, -0.2) is 30.5 Å². The van der Waals surface area contributed by atoms with Gasteiger partial charge in [-0.1, -0.05) is 12.1 Å². The maximum atomic E-state index is 12.3. The number of aryl methyl sites for hydroxylation is 1. The van der Waals surface area contributed by atoms with Crippen LogP contribution in [0.25, 0.3) is 0 Å². The predicted molar refractivity (Wildman–Crippen MR) is 59.5 cm³/mol. The number of alkyl halides is 1. The maximum Gasteiger partial charge on any atom is 0.138 e. The molecular weight excluding hydrogens is 212 g/mol. The number of halogens is 2. The molecule has 1 aromatic carbocycles. The van der Waals surface area contributed by atoms with E-state index in [1.54, 1.807) is 6.07 Å². The molecule has 1 aromatic rings. The van der Waals surface area contributed by atoms with Gasteiger partial charge in [-0.2, -0.15) is 0 Å². The standard InChI is InChI=1S/C7H7F.C5H10FNO/c1-6-3-2-4-7(8)5-6;6-4-3-7-2-1-5(4)8/h2-5H,1H3;4-5,7-8H,1-3H2. The van der Waals surface area contributed by atoms with Gasteiger partial charge in [0, 0.05) is 6.54 Å². The molecule has 0 radical (unpaired) electrons. The molecule has 1 fully saturated rings. The van der Waals surface area contributed by atoms with E-state index in [2.05, 4.69) is 5.32 Å². The number of hydrogen-bond donors (Lipinski definition) is 2. The van der Waals surface area contributed by atoms with Gasteiger partial charge in [0.1, 0.15) is 12.0 Å². The first-order valence-corrected chi connectivity index (χ1v) is 5.34. The molecule has 1 heterocycles. The molecule has 1 aliphatic heterocycles. The third kappa shape index (κ3) is 4.68.